The van der Waals surface area contributed by atoms with Gasteiger partial charge in [0, 0.05) is 30.9 Å². The molecule has 5 heterocycles. The summed E-state index contributed by atoms with van der Waals surface area (Å²) in [5.74, 6) is -0.595. The minimum Gasteiger partial charge on any atom is -0.383 e. The Hall–Kier alpha value is -4.18. The van der Waals surface area contributed by atoms with Crippen molar-refractivity contribution in [1.82, 2.24) is 30.0 Å². The number of alkyl halides is 3. The summed E-state index contributed by atoms with van der Waals surface area (Å²) < 4.78 is 47.9. The number of hydrogen-bond donors (Lipinski definition) is 2. The van der Waals surface area contributed by atoms with Crippen molar-refractivity contribution < 1.29 is 22.7 Å². The van der Waals surface area contributed by atoms with Crippen LogP contribution in [0, 0.1) is 11.3 Å². The summed E-state index contributed by atoms with van der Waals surface area (Å²) in [5.41, 5.74) is 5.80. The molecule has 3 aromatic rings. The molecule has 2 atom stereocenters. The van der Waals surface area contributed by atoms with Crippen molar-refractivity contribution >= 4 is 11.8 Å². The van der Waals surface area contributed by atoms with E-state index in [-0.39, 0.29) is 29.9 Å². The third-order valence-corrected chi connectivity index (χ3v) is 6.71. The average Bonchev–Trinajstić information content (AvgIpc) is 3.50. The van der Waals surface area contributed by atoms with Crippen LogP contribution in [0.15, 0.2) is 36.7 Å². The van der Waals surface area contributed by atoms with Gasteiger partial charge in [0.25, 0.3) is 0 Å². The standard InChI is InChI=1S/C24H23F3N8O2/c1-14(15-2-4-30-17(8-15)11-28)32-22(36)34-5-3-23(13-34)20-10-19(33-35(20)6-7-37-23)16-9-18(24(25,26)27)21(29)31-12-16/h2,4,8-10,12,14H,3,5-7,13H2,1H3,(H2,29,31)(H,32,36). The summed E-state index contributed by atoms with van der Waals surface area (Å²) in [6, 6.07) is 7.32. The lowest BCUT2D eigenvalue weighted by molar-refractivity contribution is -0.137. The quantitative estimate of drug-likeness (QED) is 0.550. The van der Waals surface area contributed by atoms with Gasteiger partial charge in [-0.25, -0.2) is 14.8 Å². The second-order valence-corrected chi connectivity index (χ2v) is 9.06. The molecule has 0 aliphatic carbocycles. The fraction of sp³-hybridized carbons (Fsp3) is 0.375. The zero-order chi connectivity index (χ0) is 26.4. The summed E-state index contributed by atoms with van der Waals surface area (Å²) in [4.78, 5) is 22.3. The van der Waals surface area contributed by atoms with Gasteiger partial charge >= 0.3 is 12.2 Å². The first-order valence-electron chi connectivity index (χ1n) is 11.6. The maximum Gasteiger partial charge on any atom is 0.419 e. The maximum atomic E-state index is 13.3. The molecule has 2 unspecified atom stereocenters. The first-order valence-corrected chi connectivity index (χ1v) is 11.6. The molecule has 0 radical (unpaired) electrons. The number of amides is 2. The van der Waals surface area contributed by atoms with Gasteiger partial charge in [-0.05, 0) is 36.8 Å². The number of likely N-dealkylation sites (tertiary alicyclic amines) is 1. The van der Waals surface area contributed by atoms with Gasteiger partial charge in [-0.1, -0.05) is 0 Å². The lowest BCUT2D eigenvalue weighted by atomic mass is 9.96. The molecule has 2 amide bonds. The molecular formula is C24H23F3N8O2. The van der Waals surface area contributed by atoms with Crippen molar-refractivity contribution in [3.8, 4) is 17.3 Å². The summed E-state index contributed by atoms with van der Waals surface area (Å²) in [6.45, 7) is 3.26. The van der Waals surface area contributed by atoms with E-state index in [4.69, 9.17) is 15.7 Å². The van der Waals surface area contributed by atoms with E-state index >= 15 is 0 Å². The van der Waals surface area contributed by atoms with Crippen LogP contribution in [0.5, 0.6) is 0 Å². The van der Waals surface area contributed by atoms with E-state index in [0.29, 0.717) is 37.5 Å². The Bertz CT molecular complexity index is 1400. The molecule has 1 fully saturated rings. The number of fused-ring (bicyclic) bond motifs is 2. The van der Waals surface area contributed by atoms with E-state index in [1.165, 1.54) is 12.4 Å². The van der Waals surface area contributed by atoms with Gasteiger partial charge in [0.1, 0.15) is 23.2 Å². The molecular weight excluding hydrogens is 489 g/mol. The number of ether oxygens (including phenoxy) is 1. The van der Waals surface area contributed by atoms with Crippen molar-refractivity contribution in [2.75, 3.05) is 25.4 Å². The predicted octanol–water partition coefficient (Wildman–Crippen LogP) is 3.21. The SMILES string of the molecule is CC(NC(=O)N1CCC2(C1)OCCn1nc(-c3cnc(N)c(C(F)(F)F)c3)cc12)c1ccnc(C#N)c1. The largest absolute Gasteiger partial charge is 0.419 e. The van der Waals surface area contributed by atoms with Crippen LogP contribution in [-0.4, -0.2) is 50.4 Å². The Balaban J connectivity index is 1.36. The Morgan fingerprint density at radius 3 is 2.86 bits per heavy atom. The number of nitrogens with one attached hydrogen (secondary N) is 1. The zero-order valence-corrected chi connectivity index (χ0v) is 19.8. The van der Waals surface area contributed by atoms with Crippen LogP contribution in [0.2, 0.25) is 0 Å². The third kappa shape index (κ3) is 4.55. The zero-order valence-electron chi connectivity index (χ0n) is 19.8. The highest BCUT2D eigenvalue weighted by atomic mass is 19.4. The molecule has 37 heavy (non-hydrogen) atoms. The fourth-order valence-electron chi connectivity index (χ4n) is 4.76. The summed E-state index contributed by atoms with van der Waals surface area (Å²) >= 11 is 0. The molecule has 192 valence electrons. The smallest absolute Gasteiger partial charge is 0.383 e. The number of carbonyl (C=O) groups excluding carboxylic acids is 1. The molecule has 5 rings (SSSR count). The monoisotopic (exact) mass is 512 g/mol. The van der Waals surface area contributed by atoms with Crippen molar-refractivity contribution in [2.24, 2.45) is 0 Å². The fourth-order valence-corrected chi connectivity index (χ4v) is 4.76. The van der Waals surface area contributed by atoms with Gasteiger partial charge in [0.05, 0.1) is 42.7 Å². The molecule has 1 saturated heterocycles. The molecule has 3 N–H and O–H groups in total. The van der Waals surface area contributed by atoms with Crippen molar-refractivity contribution in [2.45, 2.75) is 37.7 Å². The Kier molecular flexibility index (Phi) is 5.99. The van der Waals surface area contributed by atoms with Crippen LogP contribution < -0.4 is 11.1 Å². The lowest BCUT2D eigenvalue weighted by Crippen LogP contribution is -2.44. The molecule has 0 aromatic carbocycles. The van der Waals surface area contributed by atoms with Gasteiger partial charge in [0.2, 0.25) is 0 Å². The van der Waals surface area contributed by atoms with Crippen LogP contribution in [0.3, 0.4) is 0 Å². The number of nitriles is 1. The van der Waals surface area contributed by atoms with Crippen molar-refractivity contribution in [3.63, 3.8) is 0 Å². The first kappa shape index (κ1) is 24.5. The third-order valence-electron chi connectivity index (χ3n) is 6.71. The maximum absolute atomic E-state index is 13.3. The second-order valence-electron chi connectivity index (χ2n) is 9.06. The van der Waals surface area contributed by atoms with Crippen LogP contribution in [0.1, 0.15) is 41.9 Å². The Labute approximate surface area is 209 Å². The lowest BCUT2D eigenvalue weighted by Gasteiger charge is -2.34. The molecule has 2 aliphatic rings. The average molecular weight is 512 g/mol. The van der Waals surface area contributed by atoms with Gasteiger partial charge < -0.3 is 20.7 Å². The van der Waals surface area contributed by atoms with E-state index in [1.807, 2.05) is 13.0 Å². The summed E-state index contributed by atoms with van der Waals surface area (Å²) in [6.07, 6.45) is -1.36. The number of nitrogens with zero attached hydrogens (tertiary/aromatic N) is 6. The minimum absolute atomic E-state index is 0.189. The molecule has 2 aliphatic heterocycles. The highest BCUT2D eigenvalue weighted by molar-refractivity contribution is 5.75. The number of aromatic nitrogens is 4. The topological polar surface area (TPSA) is 135 Å². The molecule has 0 bridgehead atoms. The van der Waals surface area contributed by atoms with E-state index in [2.05, 4.69) is 20.4 Å². The van der Waals surface area contributed by atoms with Crippen LogP contribution in [-0.2, 0) is 23.1 Å². The number of halogens is 3. The van der Waals surface area contributed by atoms with Crippen molar-refractivity contribution in [3.05, 3.63) is 59.2 Å². The minimum atomic E-state index is -4.64. The number of hydrogen-bond acceptors (Lipinski definition) is 7. The van der Waals surface area contributed by atoms with E-state index in [9.17, 15) is 18.0 Å². The van der Waals surface area contributed by atoms with Crippen LogP contribution in [0.4, 0.5) is 23.8 Å². The number of anilines is 1. The molecule has 10 nitrogen and oxygen atoms in total. The second kappa shape index (κ2) is 9.04. The number of pyridine rings is 2. The van der Waals surface area contributed by atoms with Gasteiger partial charge in [0.15, 0.2) is 0 Å². The van der Waals surface area contributed by atoms with Crippen LogP contribution in [0.25, 0.3) is 11.3 Å². The molecule has 3 aromatic heterocycles. The van der Waals surface area contributed by atoms with Crippen LogP contribution >= 0.6 is 0 Å². The van der Waals surface area contributed by atoms with E-state index in [1.54, 1.807) is 27.8 Å². The van der Waals surface area contributed by atoms with Gasteiger partial charge in [-0.3, -0.25) is 4.68 Å². The highest BCUT2D eigenvalue weighted by Gasteiger charge is 2.47. The number of nitrogens with two attached hydrogens (primary N) is 1. The Morgan fingerprint density at radius 2 is 2.11 bits per heavy atom. The Morgan fingerprint density at radius 1 is 1.30 bits per heavy atom. The normalized spacial score (nSPS) is 19.9. The highest BCUT2D eigenvalue weighted by Crippen LogP contribution is 2.41. The first-order chi connectivity index (χ1) is 17.6. The van der Waals surface area contributed by atoms with E-state index in [0.717, 1.165) is 11.6 Å². The number of urea groups is 1. The van der Waals surface area contributed by atoms with Gasteiger partial charge in [-0.15, -0.1) is 0 Å². The summed E-state index contributed by atoms with van der Waals surface area (Å²) in [7, 11) is 0. The van der Waals surface area contributed by atoms with Gasteiger partial charge in [-0.2, -0.15) is 23.5 Å². The number of rotatable bonds is 3. The van der Waals surface area contributed by atoms with E-state index < -0.39 is 23.2 Å². The predicted molar refractivity (Wildman–Crippen MR) is 125 cm³/mol. The molecule has 1 spiro atoms. The van der Waals surface area contributed by atoms with Crippen molar-refractivity contribution in [1.29, 1.82) is 5.26 Å². The number of nitrogen functional groups attached to an aromatic ring is 1. The number of carbonyl (C=O) groups is 1. The molecule has 13 heteroatoms. The summed E-state index contributed by atoms with van der Waals surface area (Å²) in [5, 5.41) is 16.5. The molecule has 0 saturated carbocycles.